The van der Waals surface area contributed by atoms with Gasteiger partial charge in [-0.05, 0) is 0 Å². The zero-order chi connectivity index (χ0) is 17.7. The summed E-state index contributed by atoms with van der Waals surface area (Å²) in [6, 6.07) is 0. The molecule has 0 saturated heterocycles. The zero-order valence-corrected chi connectivity index (χ0v) is 26.7. The number of rotatable bonds is 11. The predicted octanol–water partition coefficient (Wildman–Crippen LogP) is -16.7. The van der Waals surface area contributed by atoms with Gasteiger partial charge < -0.3 is 32.4 Å². The van der Waals surface area contributed by atoms with Gasteiger partial charge in [-0.15, -0.1) is 0 Å². The summed E-state index contributed by atoms with van der Waals surface area (Å²) >= 11 is 0. The van der Waals surface area contributed by atoms with Crippen LogP contribution in [0.4, 0.5) is 0 Å². The third-order valence-electron chi connectivity index (χ3n) is 2.17. The second-order valence-corrected chi connectivity index (χ2v) is 4.00. The Hall–Kier alpha value is 2.47. The summed E-state index contributed by atoms with van der Waals surface area (Å²) in [5.74, 6) is -4.91. The van der Waals surface area contributed by atoms with Crippen molar-refractivity contribution in [3.8, 4) is 0 Å². The molecule has 27 heavy (non-hydrogen) atoms. The number of carboxylic acid groups (broad SMARTS) is 4. The summed E-state index contributed by atoms with van der Waals surface area (Å²) in [6.45, 7) is -0.251. The van der Waals surface area contributed by atoms with Crippen LogP contribution in [0.15, 0.2) is 0 Å². The van der Waals surface area contributed by atoms with Gasteiger partial charge in [0.1, 0.15) is 6.79 Å². The molecule has 0 unspecified atom stereocenters. The van der Waals surface area contributed by atoms with Crippen molar-refractivity contribution in [2.75, 3.05) is 39.3 Å². The Balaban J connectivity index is -0.0000000323. The minimum absolute atomic E-state index is 0. The average Bonchev–Trinajstić information content (AvgIpc) is 2.35. The van der Waals surface area contributed by atoms with Gasteiger partial charge in [0, 0.05) is 13.1 Å². The van der Waals surface area contributed by atoms with E-state index in [1.807, 2.05) is 6.79 Å². The normalized spacial score (nSPS) is 8.07. The first-order valence-corrected chi connectivity index (χ1v) is 5.81. The Morgan fingerprint density at radius 2 is 0.704 bits per heavy atom. The molecule has 0 spiro atoms. The van der Waals surface area contributed by atoms with E-state index in [1.165, 1.54) is 0 Å². The molecular weight excluding hydrogens is 419 g/mol. The topological polar surface area (TPSA) is 173 Å². The van der Waals surface area contributed by atoms with Gasteiger partial charge in [0.2, 0.25) is 0 Å². The fraction of sp³-hybridized carbons (Fsp3) is 0.545. The summed E-state index contributed by atoms with van der Waals surface area (Å²) in [5, 5.41) is 34.5. The van der Waals surface area contributed by atoms with E-state index in [4.69, 9.17) is 25.2 Å². The first-order valence-electron chi connectivity index (χ1n) is 5.81. The van der Waals surface area contributed by atoms with E-state index >= 15 is 0 Å². The molecule has 0 saturated carbocycles. The molecule has 0 radical (unpaired) electrons. The number of hydrogen-bond acceptors (Lipinski definition) is 7. The molecule has 0 bridgehead atoms. The van der Waals surface area contributed by atoms with Gasteiger partial charge in [-0.2, -0.15) is 0 Å². The third kappa shape index (κ3) is 36.2. The number of aliphatic carboxylic acids is 4. The van der Waals surface area contributed by atoms with Crippen molar-refractivity contribution < 1.29 is 199 Å². The molecule has 0 aliphatic heterocycles. The van der Waals surface area contributed by atoms with Crippen LogP contribution >= 0.6 is 0 Å². The molecule has 0 aromatic heterocycles. The van der Waals surface area contributed by atoms with Crippen molar-refractivity contribution >= 4 is 30.7 Å². The molecule has 0 heterocycles. The number of carboxylic acids is 4. The second kappa shape index (κ2) is 30.7. The molecule has 136 valence electrons. The standard InChI is InChI=1S/C10H16N2O8.CH2O.5Na.5H/c13-7(14)3-11(4-8(15)16)1-2-12(5-9(17)18)6-10(19)20;1-2;;;;;;;;;;/h1-6H2,(H,13,14)(H,15,16)(H,17,18)(H,19,20);1H2;;;;;;;;;;/q;;5*+1;5*-1. The minimum atomic E-state index is -1.23. The molecule has 0 aliphatic rings. The predicted molar refractivity (Wildman–Crippen MR) is 76.1 cm³/mol. The van der Waals surface area contributed by atoms with Crippen LogP contribution in [0.3, 0.4) is 0 Å². The fourth-order valence-electron chi connectivity index (χ4n) is 1.48. The van der Waals surface area contributed by atoms with E-state index in [1.54, 1.807) is 0 Å². The van der Waals surface area contributed by atoms with E-state index in [0.29, 0.717) is 0 Å². The molecule has 4 N–H and O–H groups in total. The van der Waals surface area contributed by atoms with E-state index in [0.717, 1.165) is 9.80 Å². The van der Waals surface area contributed by atoms with Gasteiger partial charge in [-0.1, -0.05) is 0 Å². The van der Waals surface area contributed by atoms with Gasteiger partial charge in [-0.25, -0.2) is 0 Å². The smallest absolute Gasteiger partial charge is 1.00 e. The molecule has 0 aliphatic carbocycles. The van der Waals surface area contributed by atoms with Crippen LogP contribution in [-0.2, 0) is 24.0 Å². The van der Waals surface area contributed by atoms with Crippen molar-refractivity contribution in [3.05, 3.63) is 0 Å². The monoisotopic (exact) mass is 442 g/mol. The second-order valence-electron chi connectivity index (χ2n) is 4.00. The summed E-state index contributed by atoms with van der Waals surface area (Å²) in [7, 11) is 0. The maximum atomic E-state index is 10.6. The van der Waals surface area contributed by atoms with E-state index in [2.05, 4.69) is 0 Å². The minimum Gasteiger partial charge on any atom is -1.00 e. The number of carbonyl (C=O) groups is 5. The molecule has 0 rings (SSSR count). The van der Waals surface area contributed by atoms with Crippen LogP contribution in [0.5, 0.6) is 0 Å². The Labute approximate surface area is 274 Å². The van der Waals surface area contributed by atoms with Crippen molar-refractivity contribution in [1.29, 1.82) is 0 Å². The number of carbonyl (C=O) groups excluding carboxylic acids is 1. The van der Waals surface area contributed by atoms with Gasteiger partial charge in [0.05, 0.1) is 26.2 Å². The molecule has 0 fully saturated rings. The van der Waals surface area contributed by atoms with E-state index in [-0.39, 0.29) is 168 Å². The summed E-state index contributed by atoms with van der Waals surface area (Å²) in [4.78, 5) is 52.4. The van der Waals surface area contributed by atoms with E-state index in [9.17, 15) is 19.2 Å². The Morgan fingerprint density at radius 1 is 0.556 bits per heavy atom. The van der Waals surface area contributed by atoms with Crippen LogP contribution in [0, 0.1) is 0 Å². The molecule has 16 heteroatoms. The van der Waals surface area contributed by atoms with E-state index < -0.39 is 50.1 Å². The fourth-order valence-corrected chi connectivity index (χ4v) is 1.48. The summed E-state index contributed by atoms with van der Waals surface area (Å²) in [5.41, 5.74) is 0. The molecule has 0 atom stereocenters. The zero-order valence-electron chi connectivity index (χ0n) is 21.7. The van der Waals surface area contributed by atoms with Crippen LogP contribution in [-0.4, -0.2) is 100 Å². The molecule has 0 aromatic carbocycles. The third-order valence-corrected chi connectivity index (χ3v) is 2.17. The molecule has 11 nitrogen and oxygen atoms in total. The van der Waals surface area contributed by atoms with Crippen LogP contribution in [0.25, 0.3) is 0 Å². The van der Waals surface area contributed by atoms with Crippen molar-refractivity contribution in [2.24, 2.45) is 0 Å². The van der Waals surface area contributed by atoms with Crippen LogP contribution in [0.2, 0.25) is 0 Å². The van der Waals surface area contributed by atoms with Gasteiger partial charge in [0.25, 0.3) is 0 Å². The Kier molecular flexibility index (Phi) is 53.7. The van der Waals surface area contributed by atoms with Crippen LogP contribution < -0.4 is 148 Å². The first-order chi connectivity index (χ1) is 10.2. The van der Waals surface area contributed by atoms with Gasteiger partial charge in [0.15, 0.2) is 0 Å². The van der Waals surface area contributed by atoms with Gasteiger partial charge >= 0.3 is 172 Å². The average molecular weight is 442 g/mol. The SMILES string of the molecule is C=O.O=C(O)CN(CCN(CC(=O)O)CC(=O)O)CC(=O)O.[H-].[H-].[H-].[H-].[H-].[Na+].[Na+].[Na+].[Na+].[Na+]. The molecule has 0 aromatic rings. The molecule has 0 amide bonds. The number of hydrogen-bond donors (Lipinski definition) is 4. The Bertz CT molecular complexity index is 370. The quantitative estimate of drug-likeness (QED) is 0.224. The number of nitrogens with zero attached hydrogens (tertiary/aromatic N) is 2. The summed E-state index contributed by atoms with van der Waals surface area (Å²) in [6.07, 6.45) is 0. The van der Waals surface area contributed by atoms with Crippen molar-refractivity contribution in [1.82, 2.24) is 9.80 Å². The molecular formula is C11H23N2Na5O9. The summed E-state index contributed by atoms with van der Waals surface area (Å²) < 4.78 is 0. The maximum Gasteiger partial charge on any atom is 1.00 e. The maximum absolute atomic E-state index is 10.6. The van der Waals surface area contributed by atoms with Crippen molar-refractivity contribution in [2.45, 2.75) is 0 Å². The first kappa shape index (κ1) is 47.3. The van der Waals surface area contributed by atoms with Crippen molar-refractivity contribution in [3.63, 3.8) is 0 Å². The van der Waals surface area contributed by atoms with Gasteiger partial charge in [-0.3, -0.25) is 29.0 Å². The largest absolute Gasteiger partial charge is 1.00 e. The Morgan fingerprint density at radius 3 is 0.815 bits per heavy atom. The van der Waals surface area contributed by atoms with Crippen LogP contribution in [0.1, 0.15) is 7.13 Å².